The zero-order valence-electron chi connectivity index (χ0n) is 15.4. The van der Waals surface area contributed by atoms with Crippen molar-refractivity contribution in [2.75, 3.05) is 13.6 Å². The average Bonchev–Trinajstić information content (AvgIpc) is 2.72. The van der Waals surface area contributed by atoms with E-state index in [1.165, 1.54) is 0 Å². The van der Waals surface area contributed by atoms with E-state index in [2.05, 4.69) is 15.0 Å². The molecule has 0 aliphatic heterocycles. The van der Waals surface area contributed by atoms with Crippen molar-refractivity contribution in [3.63, 3.8) is 0 Å². The minimum absolute atomic E-state index is 0.162. The summed E-state index contributed by atoms with van der Waals surface area (Å²) in [5.74, 6) is 0.379. The van der Waals surface area contributed by atoms with Crippen LogP contribution in [0.1, 0.15) is 34.1 Å². The molecule has 0 aliphatic carbocycles. The zero-order chi connectivity index (χ0) is 19.2. The molecule has 3 aromatic rings. The Bertz CT molecular complexity index is 901. The molecule has 0 saturated heterocycles. The fourth-order valence-corrected chi connectivity index (χ4v) is 2.78. The lowest BCUT2D eigenvalue weighted by Crippen LogP contribution is -2.29. The highest BCUT2D eigenvalue weighted by atomic mass is 16.3. The molecule has 2 aromatic heterocycles. The van der Waals surface area contributed by atoms with Gasteiger partial charge in [0.25, 0.3) is 5.91 Å². The van der Waals surface area contributed by atoms with Crippen molar-refractivity contribution in [2.45, 2.75) is 19.4 Å². The molecule has 27 heavy (non-hydrogen) atoms. The van der Waals surface area contributed by atoms with E-state index >= 15 is 0 Å². The second-order valence-corrected chi connectivity index (χ2v) is 6.38. The standard InChI is InChI=1S/C21H22N4O2/c1-15-18(14-23-20(24-15)17-9-6-11-22-13-17)21(27)25(2)12-10-19(26)16-7-4-3-5-8-16/h3-9,11,13-14,19,26H,10,12H2,1-2H3/t19-/m1/s1. The Kier molecular flexibility index (Phi) is 5.88. The fraction of sp³-hybridized carbons (Fsp3) is 0.238. The number of carbonyl (C=O) groups excluding carboxylic acids is 1. The molecule has 1 aromatic carbocycles. The van der Waals surface area contributed by atoms with Gasteiger partial charge in [0.1, 0.15) is 0 Å². The molecule has 2 heterocycles. The van der Waals surface area contributed by atoms with Crippen molar-refractivity contribution in [3.05, 3.63) is 77.9 Å². The summed E-state index contributed by atoms with van der Waals surface area (Å²) >= 11 is 0. The molecule has 0 fully saturated rings. The highest BCUT2D eigenvalue weighted by Crippen LogP contribution is 2.18. The van der Waals surface area contributed by atoms with Gasteiger partial charge in [0.2, 0.25) is 0 Å². The molecule has 138 valence electrons. The second-order valence-electron chi connectivity index (χ2n) is 6.38. The van der Waals surface area contributed by atoms with E-state index in [0.29, 0.717) is 30.0 Å². The first kappa shape index (κ1) is 18.7. The number of pyridine rings is 1. The Labute approximate surface area is 158 Å². The van der Waals surface area contributed by atoms with Crippen molar-refractivity contribution in [1.29, 1.82) is 0 Å². The summed E-state index contributed by atoms with van der Waals surface area (Å²) in [5, 5.41) is 10.3. The number of aromatic nitrogens is 3. The topological polar surface area (TPSA) is 79.2 Å². The van der Waals surface area contributed by atoms with Gasteiger partial charge >= 0.3 is 0 Å². The first-order valence-corrected chi connectivity index (χ1v) is 8.79. The summed E-state index contributed by atoms with van der Waals surface area (Å²) < 4.78 is 0. The first-order chi connectivity index (χ1) is 13.1. The number of benzene rings is 1. The maximum atomic E-state index is 12.7. The molecule has 0 unspecified atom stereocenters. The van der Waals surface area contributed by atoms with Gasteiger partial charge in [0.05, 0.1) is 17.4 Å². The molecule has 6 nitrogen and oxygen atoms in total. The van der Waals surface area contributed by atoms with Crippen molar-refractivity contribution < 1.29 is 9.90 Å². The van der Waals surface area contributed by atoms with Crippen LogP contribution < -0.4 is 0 Å². The molecule has 0 aliphatic rings. The molecule has 3 rings (SSSR count). The van der Waals surface area contributed by atoms with Gasteiger partial charge in [-0.15, -0.1) is 0 Å². The number of hydrogen-bond acceptors (Lipinski definition) is 5. The van der Waals surface area contributed by atoms with E-state index in [4.69, 9.17) is 0 Å². The van der Waals surface area contributed by atoms with Crippen LogP contribution in [-0.4, -0.2) is 44.5 Å². The quantitative estimate of drug-likeness (QED) is 0.729. The van der Waals surface area contributed by atoms with Crippen LogP contribution in [0.25, 0.3) is 11.4 Å². The van der Waals surface area contributed by atoms with Crippen LogP contribution in [0.5, 0.6) is 0 Å². The van der Waals surface area contributed by atoms with E-state index < -0.39 is 6.10 Å². The minimum Gasteiger partial charge on any atom is -0.388 e. The molecule has 6 heteroatoms. The van der Waals surface area contributed by atoms with Crippen LogP contribution in [0.2, 0.25) is 0 Å². The lowest BCUT2D eigenvalue weighted by Gasteiger charge is -2.20. The number of aliphatic hydroxyl groups excluding tert-OH is 1. The van der Waals surface area contributed by atoms with Crippen molar-refractivity contribution >= 4 is 5.91 Å². The van der Waals surface area contributed by atoms with Gasteiger partial charge in [-0.05, 0) is 31.0 Å². The number of hydrogen-bond donors (Lipinski definition) is 1. The monoisotopic (exact) mass is 362 g/mol. The second kappa shape index (κ2) is 8.51. The summed E-state index contributed by atoms with van der Waals surface area (Å²) in [5.41, 5.74) is 2.72. The third-order valence-electron chi connectivity index (χ3n) is 4.40. The van der Waals surface area contributed by atoms with E-state index in [-0.39, 0.29) is 5.91 Å². The molecule has 1 atom stereocenters. The number of aliphatic hydroxyl groups is 1. The largest absolute Gasteiger partial charge is 0.388 e. The molecular weight excluding hydrogens is 340 g/mol. The van der Waals surface area contributed by atoms with Crippen LogP contribution in [0.3, 0.4) is 0 Å². The summed E-state index contributed by atoms with van der Waals surface area (Å²) in [6, 6.07) is 13.1. The van der Waals surface area contributed by atoms with Gasteiger partial charge in [-0.2, -0.15) is 0 Å². The van der Waals surface area contributed by atoms with Crippen LogP contribution in [-0.2, 0) is 0 Å². The average molecular weight is 362 g/mol. The van der Waals surface area contributed by atoms with E-state index in [1.54, 1.807) is 37.5 Å². The van der Waals surface area contributed by atoms with Crippen LogP contribution in [0, 0.1) is 6.92 Å². The van der Waals surface area contributed by atoms with Crippen molar-refractivity contribution in [3.8, 4) is 11.4 Å². The van der Waals surface area contributed by atoms with Gasteiger partial charge in [-0.3, -0.25) is 9.78 Å². The first-order valence-electron chi connectivity index (χ1n) is 8.79. The summed E-state index contributed by atoms with van der Waals surface area (Å²) in [4.78, 5) is 27.1. The molecule has 0 radical (unpaired) electrons. The third-order valence-corrected chi connectivity index (χ3v) is 4.40. The number of rotatable bonds is 6. The Hall–Kier alpha value is -3.12. The maximum Gasteiger partial charge on any atom is 0.257 e. The molecular formula is C21H22N4O2. The summed E-state index contributed by atoms with van der Waals surface area (Å²) in [6.07, 6.45) is 4.78. The maximum absolute atomic E-state index is 12.7. The predicted molar refractivity (Wildman–Crippen MR) is 103 cm³/mol. The summed E-state index contributed by atoms with van der Waals surface area (Å²) in [6.45, 7) is 2.22. The molecule has 1 amide bonds. The zero-order valence-corrected chi connectivity index (χ0v) is 15.4. The Morgan fingerprint density at radius 1 is 1.15 bits per heavy atom. The van der Waals surface area contributed by atoms with E-state index in [1.807, 2.05) is 42.5 Å². The SMILES string of the molecule is Cc1nc(-c2cccnc2)ncc1C(=O)N(C)CC[C@@H](O)c1ccccc1. The number of nitrogens with zero attached hydrogens (tertiary/aromatic N) is 4. The van der Waals surface area contributed by atoms with Crippen molar-refractivity contribution in [2.24, 2.45) is 0 Å². The Morgan fingerprint density at radius 3 is 2.59 bits per heavy atom. The fourth-order valence-electron chi connectivity index (χ4n) is 2.78. The molecule has 0 bridgehead atoms. The molecule has 0 saturated carbocycles. The van der Waals surface area contributed by atoms with Crippen LogP contribution >= 0.6 is 0 Å². The number of carbonyl (C=O) groups is 1. The predicted octanol–water partition coefficient (Wildman–Crippen LogP) is 3.04. The molecule has 1 N–H and O–H groups in total. The smallest absolute Gasteiger partial charge is 0.257 e. The lowest BCUT2D eigenvalue weighted by molar-refractivity contribution is 0.0759. The normalized spacial score (nSPS) is 11.8. The summed E-state index contributed by atoms with van der Waals surface area (Å²) in [7, 11) is 1.72. The van der Waals surface area contributed by atoms with Gasteiger partial charge in [-0.1, -0.05) is 30.3 Å². The minimum atomic E-state index is -0.605. The van der Waals surface area contributed by atoms with Gasteiger partial charge in [0.15, 0.2) is 5.82 Å². The van der Waals surface area contributed by atoms with Crippen LogP contribution in [0.15, 0.2) is 61.1 Å². The van der Waals surface area contributed by atoms with Gasteiger partial charge < -0.3 is 10.0 Å². The highest BCUT2D eigenvalue weighted by molar-refractivity contribution is 5.94. The van der Waals surface area contributed by atoms with Gasteiger partial charge in [-0.25, -0.2) is 9.97 Å². The molecule has 0 spiro atoms. The highest BCUT2D eigenvalue weighted by Gasteiger charge is 2.18. The Morgan fingerprint density at radius 2 is 1.93 bits per heavy atom. The number of aryl methyl sites for hydroxylation is 1. The van der Waals surface area contributed by atoms with Crippen LogP contribution in [0.4, 0.5) is 0 Å². The van der Waals surface area contributed by atoms with Gasteiger partial charge in [0, 0.05) is 37.7 Å². The third kappa shape index (κ3) is 4.54. The van der Waals surface area contributed by atoms with E-state index in [9.17, 15) is 9.90 Å². The van der Waals surface area contributed by atoms with E-state index in [0.717, 1.165) is 11.1 Å². The number of amides is 1. The van der Waals surface area contributed by atoms with Crippen molar-refractivity contribution in [1.82, 2.24) is 19.9 Å². The Balaban J connectivity index is 1.66. The lowest BCUT2D eigenvalue weighted by atomic mass is 10.1.